The summed E-state index contributed by atoms with van der Waals surface area (Å²) in [5.74, 6) is -0.900. The van der Waals surface area contributed by atoms with Gasteiger partial charge in [-0.25, -0.2) is 0 Å². The molecule has 0 aromatic rings. The fourth-order valence-corrected chi connectivity index (χ4v) is 8.45. The predicted molar refractivity (Wildman–Crippen MR) is 307 cm³/mol. The summed E-state index contributed by atoms with van der Waals surface area (Å²) < 4.78 is 16.9. The summed E-state index contributed by atoms with van der Waals surface area (Å²) in [5, 5.41) is 0. The van der Waals surface area contributed by atoms with Gasteiger partial charge in [0.15, 0.2) is 6.10 Å². The zero-order valence-corrected chi connectivity index (χ0v) is 46.7. The van der Waals surface area contributed by atoms with Crippen molar-refractivity contribution >= 4 is 17.9 Å². The molecule has 0 saturated heterocycles. The average molecular weight is 990 g/mol. The highest BCUT2D eigenvalue weighted by Crippen LogP contribution is 2.16. The normalized spacial score (nSPS) is 12.7. The van der Waals surface area contributed by atoms with Crippen LogP contribution in [0.2, 0.25) is 0 Å². The molecular weight excluding hydrogens is 877 g/mol. The first-order chi connectivity index (χ1) is 35.0. The highest BCUT2D eigenvalue weighted by atomic mass is 16.6. The first-order valence-corrected chi connectivity index (χ1v) is 30.1. The molecular formula is C65H112O6. The molecule has 0 heterocycles. The summed E-state index contributed by atoms with van der Waals surface area (Å²) in [7, 11) is 0. The summed E-state index contributed by atoms with van der Waals surface area (Å²) >= 11 is 0. The molecule has 0 aliphatic rings. The maximum absolute atomic E-state index is 12.9. The molecule has 0 radical (unpaired) electrons. The van der Waals surface area contributed by atoms with E-state index in [0.717, 1.165) is 116 Å². The number of ether oxygens (including phenoxy) is 3. The molecule has 0 aliphatic heterocycles. The number of esters is 3. The Morgan fingerprint density at radius 3 is 0.859 bits per heavy atom. The highest BCUT2D eigenvalue weighted by molar-refractivity contribution is 5.71. The van der Waals surface area contributed by atoms with E-state index in [1.165, 1.54) is 135 Å². The number of carbonyl (C=O) groups is 3. The van der Waals surface area contributed by atoms with E-state index >= 15 is 0 Å². The van der Waals surface area contributed by atoms with E-state index in [-0.39, 0.29) is 31.1 Å². The van der Waals surface area contributed by atoms with E-state index in [4.69, 9.17) is 14.2 Å². The molecule has 71 heavy (non-hydrogen) atoms. The number of unbranched alkanes of at least 4 members (excludes halogenated alkanes) is 29. The topological polar surface area (TPSA) is 78.9 Å². The van der Waals surface area contributed by atoms with E-state index in [0.29, 0.717) is 19.3 Å². The van der Waals surface area contributed by atoms with E-state index in [2.05, 4.69) is 106 Å². The Labute approximate surface area is 439 Å². The van der Waals surface area contributed by atoms with Crippen molar-refractivity contribution in [2.75, 3.05) is 13.2 Å². The standard InChI is InChI=1S/C65H112O6/c1-4-7-10-13-16-19-22-25-28-31-33-35-37-40-43-46-49-52-55-58-64(67)70-61-62(60-69-63(66)57-54-51-48-45-42-39-36-30-27-24-21-18-15-12-9-6-3)71-65(68)59-56-53-50-47-44-41-38-34-32-29-26-23-20-17-14-11-8-5-2/h7,9-10,12,16,18-19,21,25,27-28,30,33,35,62H,4-6,8,11,13-15,17,20,22-24,26,29,31-32,34,36-61H2,1-3H3/b10-7-,12-9-,19-16-,21-18-,28-25-,30-27-,35-33-. The van der Waals surface area contributed by atoms with Crippen LogP contribution in [-0.4, -0.2) is 37.2 Å². The van der Waals surface area contributed by atoms with Crippen LogP contribution in [0.25, 0.3) is 0 Å². The first kappa shape index (κ1) is 67.6. The van der Waals surface area contributed by atoms with Gasteiger partial charge in [-0.1, -0.05) is 266 Å². The second-order valence-electron chi connectivity index (χ2n) is 19.9. The Kier molecular flexibility index (Phi) is 56.3. The molecule has 0 fully saturated rings. The van der Waals surface area contributed by atoms with Crippen molar-refractivity contribution in [3.63, 3.8) is 0 Å². The number of rotatable bonds is 54. The van der Waals surface area contributed by atoms with Gasteiger partial charge in [0, 0.05) is 19.3 Å². The monoisotopic (exact) mass is 989 g/mol. The zero-order chi connectivity index (χ0) is 51.4. The Balaban J connectivity index is 4.41. The maximum atomic E-state index is 12.9. The van der Waals surface area contributed by atoms with Crippen LogP contribution in [0.3, 0.4) is 0 Å². The van der Waals surface area contributed by atoms with Gasteiger partial charge >= 0.3 is 17.9 Å². The molecule has 1 atom stereocenters. The molecule has 1 unspecified atom stereocenters. The minimum Gasteiger partial charge on any atom is -0.462 e. The summed E-state index contributed by atoms with van der Waals surface area (Å²) in [6.07, 6.45) is 77.2. The van der Waals surface area contributed by atoms with E-state index in [9.17, 15) is 14.4 Å². The summed E-state index contributed by atoms with van der Waals surface area (Å²) in [5.41, 5.74) is 0. The van der Waals surface area contributed by atoms with E-state index in [1.807, 2.05) is 0 Å². The first-order valence-electron chi connectivity index (χ1n) is 30.1. The molecule has 0 aromatic carbocycles. The van der Waals surface area contributed by atoms with Crippen LogP contribution in [-0.2, 0) is 28.6 Å². The fourth-order valence-electron chi connectivity index (χ4n) is 8.45. The van der Waals surface area contributed by atoms with Crippen molar-refractivity contribution in [1.82, 2.24) is 0 Å². The molecule has 6 heteroatoms. The molecule has 0 saturated carbocycles. The Hall–Kier alpha value is -3.41. The largest absolute Gasteiger partial charge is 0.462 e. The van der Waals surface area contributed by atoms with Gasteiger partial charge in [0.05, 0.1) is 0 Å². The molecule has 6 nitrogen and oxygen atoms in total. The molecule has 0 amide bonds. The number of hydrogen-bond acceptors (Lipinski definition) is 6. The van der Waals surface area contributed by atoms with Crippen molar-refractivity contribution in [3.8, 4) is 0 Å². The van der Waals surface area contributed by atoms with Crippen molar-refractivity contribution < 1.29 is 28.6 Å². The van der Waals surface area contributed by atoms with Crippen LogP contribution in [0.4, 0.5) is 0 Å². The van der Waals surface area contributed by atoms with E-state index < -0.39 is 6.10 Å². The maximum Gasteiger partial charge on any atom is 0.306 e. The second-order valence-corrected chi connectivity index (χ2v) is 19.9. The van der Waals surface area contributed by atoms with Gasteiger partial charge in [0.1, 0.15) is 13.2 Å². The van der Waals surface area contributed by atoms with Crippen molar-refractivity contribution in [3.05, 3.63) is 85.1 Å². The average Bonchev–Trinajstić information content (AvgIpc) is 3.37. The second kappa shape index (κ2) is 59.2. The van der Waals surface area contributed by atoms with Gasteiger partial charge in [0.2, 0.25) is 0 Å². The van der Waals surface area contributed by atoms with Crippen molar-refractivity contribution in [1.29, 1.82) is 0 Å². The predicted octanol–water partition coefficient (Wildman–Crippen LogP) is 20.3. The molecule has 0 bridgehead atoms. The highest BCUT2D eigenvalue weighted by Gasteiger charge is 2.19. The Morgan fingerprint density at radius 2 is 0.549 bits per heavy atom. The van der Waals surface area contributed by atoms with Crippen LogP contribution >= 0.6 is 0 Å². The van der Waals surface area contributed by atoms with Gasteiger partial charge in [-0.05, 0) is 89.9 Å². The smallest absolute Gasteiger partial charge is 0.306 e. The van der Waals surface area contributed by atoms with Gasteiger partial charge in [0.25, 0.3) is 0 Å². The molecule has 0 N–H and O–H groups in total. The van der Waals surface area contributed by atoms with Crippen LogP contribution in [0.15, 0.2) is 85.1 Å². The SMILES string of the molecule is CC/C=C\C/C=C\C/C=C\C/C=C\CCCCCCCCC(=O)OCC(COC(=O)CCCCCCCC/C=C\C/C=C\C/C=C\CC)OC(=O)CCCCCCCCCCCCCCCCCCCC. The van der Waals surface area contributed by atoms with Crippen LogP contribution < -0.4 is 0 Å². The quantitative estimate of drug-likeness (QED) is 0.0261. The van der Waals surface area contributed by atoms with Gasteiger partial charge in [-0.3, -0.25) is 14.4 Å². The minimum absolute atomic E-state index is 0.0862. The lowest BCUT2D eigenvalue weighted by Crippen LogP contribution is -2.30. The van der Waals surface area contributed by atoms with Crippen LogP contribution in [0.5, 0.6) is 0 Å². The number of hydrogen-bond donors (Lipinski definition) is 0. The third-order valence-electron chi connectivity index (χ3n) is 12.9. The van der Waals surface area contributed by atoms with Gasteiger partial charge in [-0.2, -0.15) is 0 Å². The summed E-state index contributed by atoms with van der Waals surface area (Å²) in [6.45, 7) is 6.42. The van der Waals surface area contributed by atoms with Crippen LogP contribution in [0.1, 0.15) is 290 Å². The molecule has 0 spiro atoms. The van der Waals surface area contributed by atoms with Crippen molar-refractivity contribution in [2.45, 2.75) is 297 Å². The molecule has 0 rings (SSSR count). The zero-order valence-electron chi connectivity index (χ0n) is 46.7. The molecule has 408 valence electrons. The molecule has 0 aromatic heterocycles. The van der Waals surface area contributed by atoms with Crippen molar-refractivity contribution in [2.24, 2.45) is 0 Å². The number of allylic oxidation sites excluding steroid dienone is 14. The Bertz CT molecular complexity index is 1370. The lowest BCUT2D eigenvalue weighted by Gasteiger charge is -2.18. The number of carbonyl (C=O) groups excluding carboxylic acids is 3. The lowest BCUT2D eigenvalue weighted by molar-refractivity contribution is -0.167. The third kappa shape index (κ3) is 57.4. The summed E-state index contributed by atoms with van der Waals surface area (Å²) in [6, 6.07) is 0. The Morgan fingerprint density at radius 1 is 0.296 bits per heavy atom. The van der Waals surface area contributed by atoms with Gasteiger partial charge in [-0.15, -0.1) is 0 Å². The lowest BCUT2D eigenvalue weighted by atomic mass is 10.0. The molecule has 0 aliphatic carbocycles. The minimum atomic E-state index is -0.788. The summed E-state index contributed by atoms with van der Waals surface area (Å²) in [4.78, 5) is 38.3. The van der Waals surface area contributed by atoms with Gasteiger partial charge < -0.3 is 14.2 Å². The fraction of sp³-hybridized carbons (Fsp3) is 0.738. The third-order valence-corrected chi connectivity index (χ3v) is 12.9. The van der Waals surface area contributed by atoms with Crippen LogP contribution in [0, 0.1) is 0 Å². The van der Waals surface area contributed by atoms with E-state index in [1.54, 1.807) is 0 Å².